The van der Waals surface area contributed by atoms with Gasteiger partial charge in [-0.1, -0.05) is 51.0 Å². The summed E-state index contributed by atoms with van der Waals surface area (Å²) >= 11 is 0. The highest BCUT2D eigenvalue weighted by Gasteiger charge is 2.42. The van der Waals surface area contributed by atoms with E-state index in [2.05, 4.69) is 26.0 Å². The van der Waals surface area contributed by atoms with Crippen LogP contribution in [-0.2, 0) is 11.2 Å². The van der Waals surface area contributed by atoms with Gasteiger partial charge in [-0.25, -0.2) is 0 Å². The zero-order valence-corrected chi connectivity index (χ0v) is 13.1. The highest BCUT2D eigenvalue weighted by atomic mass is 16.5. The molecule has 2 rings (SSSR count). The predicted octanol–water partition coefficient (Wildman–Crippen LogP) is 4.27. The van der Waals surface area contributed by atoms with Crippen LogP contribution in [0.2, 0.25) is 0 Å². The summed E-state index contributed by atoms with van der Waals surface area (Å²) in [7, 11) is 0. The Labute approximate surface area is 123 Å². The Hall–Kier alpha value is -0.860. The third-order valence-electron chi connectivity index (χ3n) is 4.60. The van der Waals surface area contributed by atoms with Crippen molar-refractivity contribution in [2.45, 2.75) is 64.6 Å². The van der Waals surface area contributed by atoms with Crippen molar-refractivity contribution in [1.82, 2.24) is 0 Å². The lowest BCUT2D eigenvalue weighted by Crippen LogP contribution is -2.43. The second-order valence-corrected chi connectivity index (χ2v) is 6.20. The Morgan fingerprint density at radius 1 is 1.40 bits per heavy atom. The second kappa shape index (κ2) is 6.73. The molecule has 1 aromatic rings. The van der Waals surface area contributed by atoms with Crippen LogP contribution in [0.3, 0.4) is 0 Å². The summed E-state index contributed by atoms with van der Waals surface area (Å²) in [5.74, 6) is 0.624. The minimum absolute atomic E-state index is 0.390. The molecule has 0 aliphatic heterocycles. The van der Waals surface area contributed by atoms with Gasteiger partial charge in [-0.3, -0.25) is 0 Å². The second-order valence-electron chi connectivity index (χ2n) is 6.20. The van der Waals surface area contributed by atoms with Crippen LogP contribution in [0.15, 0.2) is 24.3 Å². The fourth-order valence-electron chi connectivity index (χ4n) is 3.58. The van der Waals surface area contributed by atoms with Crippen LogP contribution in [0.25, 0.3) is 0 Å². The minimum atomic E-state index is -0.517. The molecule has 1 aliphatic carbocycles. The van der Waals surface area contributed by atoms with Gasteiger partial charge in [-0.05, 0) is 43.2 Å². The Balaban J connectivity index is 2.27. The standard InChI is InChI=1S/C18H28O2/c1-4-15-9-6-10-16(12-15)17(19)18(20-5-2)11-7-8-14(3)13-18/h6,9-10,12,14,17,19H,4-5,7-8,11,13H2,1-3H3. The molecule has 2 heteroatoms. The minimum Gasteiger partial charge on any atom is -0.385 e. The van der Waals surface area contributed by atoms with Gasteiger partial charge in [0.25, 0.3) is 0 Å². The summed E-state index contributed by atoms with van der Waals surface area (Å²) in [6.45, 7) is 7.10. The fraction of sp³-hybridized carbons (Fsp3) is 0.667. The molecule has 3 unspecified atom stereocenters. The van der Waals surface area contributed by atoms with Crippen LogP contribution < -0.4 is 0 Å². The van der Waals surface area contributed by atoms with Gasteiger partial charge in [0.2, 0.25) is 0 Å². The van der Waals surface area contributed by atoms with Gasteiger partial charge in [-0.2, -0.15) is 0 Å². The molecule has 112 valence electrons. The lowest BCUT2D eigenvalue weighted by atomic mass is 9.73. The molecule has 1 saturated carbocycles. The van der Waals surface area contributed by atoms with E-state index in [1.165, 1.54) is 12.0 Å². The number of rotatable bonds is 5. The molecule has 0 amide bonds. The van der Waals surface area contributed by atoms with Crippen molar-refractivity contribution in [2.24, 2.45) is 5.92 Å². The van der Waals surface area contributed by atoms with Crippen LogP contribution in [0.4, 0.5) is 0 Å². The molecule has 0 bridgehead atoms. The maximum atomic E-state index is 10.9. The first kappa shape index (κ1) is 15.5. The Morgan fingerprint density at radius 2 is 2.20 bits per heavy atom. The van der Waals surface area contributed by atoms with E-state index in [1.54, 1.807) is 0 Å². The van der Waals surface area contributed by atoms with E-state index in [9.17, 15) is 5.11 Å². The first-order chi connectivity index (χ1) is 9.61. The van der Waals surface area contributed by atoms with Crippen LogP contribution >= 0.6 is 0 Å². The summed E-state index contributed by atoms with van der Waals surface area (Å²) in [5, 5.41) is 10.9. The maximum absolute atomic E-state index is 10.9. The molecule has 0 heterocycles. The third kappa shape index (κ3) is 3.24. The quantitative estimate of drug-likeness (QED) is 0.870. The van der Waals surface area contributed by atoms with Crippen LogP contribution in [0.5, 0.6) is 0 Å². The molecule has 3 atom stereocenters. The van der Waals surface area contributed by atoms with Crippen LogP contribution in [0, 0.1) is 5.92 Å². The molecule has 0 saturated heterocycles. The van der Waals surface area contributed by atoms with E-state index in [4.69, 9.17) is 4.74 Å². The molecular weight excluding hydrogens is 248 g/mol. The normalized spacial score (nSPS) is 28.3. The molecule has 1 aliphatic rings. The third-order valence-corrected chi connectivity index (χ3v) is 4.60. The van der Waals surface area contributed by atoms with Gasteiger partial charge in [-0.15, -0.1) is 0 Å². The molecule has 20 heavy (non-hydrogen) atoms. The largest absolute Gasteiger partial charge is 0.385 e. The molecule has 1 fully saturated rings. The molecule has 0 radical (unpaired) electrons. The Kier molecular flexibility index (Phi) is 5.22. The Morgan fingerprint density at radius 3 is 2.85 bits per heavy atom. The highest BCUT2D eigenvalue weighted by molar-refractivity contribution is 5.27. The van der Waals surface area contributed by atoms with E-state index in [-0.39, 0.29) is 0 Å². The van der Waals surface area contributed by atoms with Gasteiger partial charge in [0.15, 0.2) is 0 Å². The van der Waals surface area contributed by atoms with E-state index in [0.717, 1.165) is 31.2 Å². The number of benzene rings is 1. The summed E-state index contributed by atoms with van der Waals surface area (Å²) in [4.78, 5) is 0. The molecular formula is C18H28O2. The summed E-state index contributed by atoms with van der Waals surface area (Å²) in [6, 6.07) is 8.32. The summed E-state index contributed by atoms with van der Waals surface area (Å²) < 4.78 is 6.08. The zero-order chi connectivity index (χ0) is 14.6. The lowest BCUT2D eigenvalue weighted by molar-refractivity contribution is -0.150. The summed E-state index contributed by atoms with van der Waals surface area (Å²) in [6.07, 6.45) is 4.79. The van der Waals surface area contributed by atoms with E-state index in [0.29, 0.717) is 12.5 Å². The predicted molar refractivity (Wildman–Crippen MR) is 82.8 cm³/mol. The smallest absolute Gasteiger partial charge is 0.108 e. The zero-order valence-electron chi connectivity index (χ0n) is 13.1. The number of hydrogen-bond donors (Lipinski definition) is 1. The Bertz CT molecular complexity index is 425. The number of ether oxygens (including phenoxy) is 1. The maximum Gasteiger partial charge on any atom is 0.108 e. The molecule has 0 aromatic heterocycles. The van der Waals surface area contributed by atoms with Crippen LogP contribution in [0.1, 0.15) is 63.7 Å². The SMILES string of the molecule is CCOC1(C(O)c2cccc(CC)c2)CCCC(C)C1. The van der Waals surface area contributed by atoms with Crippen LogP contribution in [-0.4, -0.2) is 17.3 Å². The van der Waals surface area contributed by atoms with Crippen molar-refractivity contribution in [3.05, 3.63) is 35.4 Å². The van der Waals surface area contributed by atoms with Crippen molar-refractivity contribution in [3.8, 4) is 0 Å². The number of aliphatic hydroxyl groups excluding tert-OH is 1. The van der Waals surface area contributed by atoms with Gasteiger partial charge >= 0.3 is 0 Å². The van der Waals surface area contributed by atoms with E-state index >= 15 is 0 Å². The monoisotopic (exact) mass is 276 g/mol. The number of aliphatic hydroxyl groups is 1. The van der Waals surface area contributed by atoms with Gasteiger partial charge in [0.05, 0.1) is 5.60 Å². The molecule has 0 spiro atoms. The van der Waals surface area contributed by atoms with Crippen molar-refractivity contribution in [2.75, 3.05) is 6.61 Å². The molecule has 1 aromatic carbocycles. The molecule has 1 N–H and O–H groups in total. The number of hydrogen-bond acceptors (Lipinski definition) is 2. The van der Waals surface area contributed by atoms with Crippen molar-refractivity contribution < 1.29 is 9.84 Å². The average Bonchev–Trinajstić information content (AvgIpc) is 2.47. The van der Waals surface area contributed by atoms with Gasteiger partial charge in [0, 0.05) is 6.61 Å². The van der Waals surface area contributed by atoms with E-state index < -0.39 is 11.7 Å². The summed E-state index contributed by atoms with van der Waals surface area (Å²) in [5.41, 5.74) is 1.89. The van der Waals surface area contributed by atoms with Crippen molar-refractivity contribution in [3.63, 3.8) is 0 Å². The number of aryl methyl sites for hydroxylation is 1. The highest BCUT2D eigenvalue weighted by Crippen LogP contribution is 2.43. The fourth-order valence-corrected chi connectivity index (χ4v) is 3.58. The van der Waals surface area contributed by atoms with Crippen molar-refractivity contribution >= 4 is 0 Å². The first-order valence-corrected chi connectivity index (χ1v) is 8.02. The van der Waals surface area contributed by atoms with Gasteiger partial charge in [0.1, 0.15) is 6.10 Å². The topological polar surface area (TPSA) is 29.5 Å². The van der Waals surface area contributed by atoms with E-state index in [1.807, 2.05) is 19.1 Å². The van der Waals surface area contributed by atoms with Crippen molar-refractivity contribution in [1.29, 1.82) is 0 Å². The molecule has 2 nitrogen and oxygen atoms in total. The lowest BCUT2D eigenvalue weighted by Gasteiger charge is -2.43. The van der Waals surface area contributed by atoms with Gasteiger partial charge < -0.3 is 9.84 Å². The first-order valence-electron chi connectivity index (χ1n) is 8.02. The average molecular weight is 276 g/mol.